The van der Waals surface area contributed by atoms with Crippen molar-refractivity contribution in [3.63, 3.8) is 0 Å². The number of rotatable bonds is 5. The number of anilines is 1. The maximum atomic E-state index is 13.0. The van der Waals surface area contributed by atoms with Gasteiger partial charge in [0, 0.05) is 24.3 Å². The molecule has 8 heteroatoms. The molecule has 2 N–H and O–H groups in total. The summed E-state index contributed by atoms with van der Waals surface area (Å²) in [7, 11) is 1.53. The summed E-state index contributed by atoms with van der Waals surface area (Å²) in [4.78, 5) is 16.3. The Kier molecular flexibility index (Phi) is 5.44. The van der Waals surface area contributed by atoms with Crippen molar-refractivity contribution in [1.82, 2.24) is 14.8 Å². The van der Waals surface area contributed by atoms with E-state index in [4.69, 9.17) is 9.84 Å². The Morgan fingerprint density at radius 3 is 2.76 bits per heavy atom. The Morgan fingerprint density at radius 1 is 1.31 bits per heavy atom. The summed E-state index contributed by atoms with van der Waals surface area (Å²) in [5.41, 5.74) is 1.40. The average molecular weight is 398 g/mol. The molecule has 1 saturated carbocycles. The maximum absolute atomic E-state index is 13.0. The summed E-state index contributed by atoms with van der Waals surface area (Å²) in [5, 5.41) is 17.7. The maximum Gasteiger partial charge on any atom is 0.274 e. The molecule has 1 aliphatic rings. The van der Waals surface area contributed by atoms with E-state index in [1.807, 2.05) is 16.9 Å². The molecule has 0 unspecified atom stereocenters. The van der Waals surface area contributed by atoms with Gasteiger partial charge < -0.3 is 15.2 Å². The first kappa shape index (κ1) is 19.3. The van der Waals surface area contributed by atoms with Gasteiger partial charge in [0.05, 0.1) is 30.6 Å². The van der Waals surface area contributed by atoms with Gasteiger partial charge in [-0.15, -0.1) is 0 Å². The summed E-state index contributed by atoms with van der Waals surface area (Å²) >= 11 is 0. The fraction of sp³-hybridized carbons (Fsp3) is 0.381. The number of aromatic nitrogens is 3. The highest BCUT2D eigenvalue weighted by atomic mass is 19.1. The van der Waals surface area contributed by atoms with Crippen LogP contribution in [0.25, 0.3) is 10.9 Å². The van der Waals surface area contributed by atoms with E-state index in [0.717, 1.165) is 42.8 Å². The molecule has 1 aromatic carbocycles. The topological polar surface area (TPSA) is 89.3 Å². The summed E-state index contributed by atoms with van der Waals surface area (Å²) in [6, 6.07) is 6.43. The molecular weight excluding hydrogens is 375 g/mol. The van der Waals surface area contributed by atoms with Crippen molar-refractivity contribution in [2.45, 2.75) is 31.7 Å². The Bertz CT molecular complexity index is 1010. The van der Waals surface area contributed by atoms with Gasteiger partial charge in [-0.2, -0.15) is 5.10 Å². The minimum absolute atomic E-state index is 0.116. The first-order chi connectivity index (χ1) is 14.1. The van der Waals surface area contributed by atoms with Crippen LogP contribution in [0.4, 0.5) is 10.1 Å². The van der Waals surface area contributed by atoms with Gasteiger partial charge in [0.2, 0.25) is 0 Å². The molecule has 0 saturated heterocycles. The van der Waals surface area contributed by atoms with Crippen molar-refractivity contribution >= 4 is 22.5 Å². The van der Waals surface area contributed by atoms with Crippen molar-refractivity contribution in [2.75, 3.05) is 19.0 Å². The zero-order valence-electron chi connectivity index (χ0n) is 16.1. The number of hydrogen-bond acceptors (Lipinski definition) is 5. The highest BCUT2D eigenvalue weighted by Crippen LogP contribution is 2.34. The minimum atomic E-state index is -0.499. The van der Waals surface area contributed by atoms with Gasteiger partial charge in [0.25, 0.3) is 5.91 Å². The number of aliphatic hydroxyl groups excluding tert-OH is 1. The molecule has 0 bridgehead atoms. The molecule has 3 aromatic rings. The first-order valence-corrected chi connectivity index (χ1v) is 9.68. The normalized spacial score (nSPS) is 19.3. The monoisotopic (exact) mass is 398 g/mol. The molecular formula is C21H23FN4O3. The van der Waals surface area contributed by atoms with Crippen LogP contribution in [0.5, 0.6) is 5.75 Å². The van der Waals surface area contributed by atoms with E-state index in [9.17, 15) is 14.3 Å². The summed E-state index contributed by atoms with van der Waals surface area (Å²) in [6.07, 6.45) is 6.93. The summed E-state index contributed by atoms with van der Waals surface area (Å²) in [5.74, 6) is -0.0706. The van der Waals surface area contributed by atoms with Crippen LogP contribution in [0, 0.1) is 11.7 Å². The van der Waals surface area contributed by atoms with Crippen LogP contribution in [0.3, 0.4) is 0 Å². The van der Waals surface area contributed by atoms with Crippen LogP contribution in [0.1, 0.15) is 42.2 Å². The number of fused-ring (bicyclic) bond motifs is 1. The lowest BCUT2D eigenvalue weighted by Gasteiger charge is -2.27. The van der Waals surface area contributed by atoms with Crippen LogP contribution in [-0.2, 0) is 0 Å². The molecule has 152 valence electrons. The number of benzene rings is 1. The summed E-state index contributed by atoms with van der Waals surface area (Å²) < 4.78 is 20.4. The SMILES string of the molecule is COc1cc2nn(C3CCC(CO)CC3)cc2cc1NC(=O)c1ccc(F)cn1. The largest absolute Gasteiger partial charge is 0.494 e. The second-order valence-electron chi connectivity index (χ2n) is 7.39. The number of halogens is 1. The van der Waals surface area contributed by atoms with Crippen molar-refractivity contribution < 1.29 is 19.0 Å². The van der Waals surface area contributed by atoms with Crippen molar-refractivity contribution in [3.05, 3.63) is 48.2 Å². The van der Waals surface area contributed by atoms with E-state index >= 15 is 0 Å². The lowest BCUT2D eigenvalue weighted by Crippen LogP contribution is -2.20. The lowest BCUT2D eigenvalue weighted by molar-refractivity contribution is 0.102. The smallest absolute Gasteiger partial charge is 0.274 e. The number of methoxy groups -OCH3 is 1. The number of carbonyl (C=O) groups excluding carboxylic acids is 1. The van der Waals surface area contributed by atoms with Gasteiger partial charge in [-0.05, 0) is 49.8 Å². The van der Waals surface area contributed by atoms with Gasteiger partial charge in [-0.3, -0.25) is 9.48 Å². The first-order valence-electron chi connectivity index (χ1n) is 9.68. The fourth-order valence-electron chi connectivity index (χ4n) is 3.81. The zero-order valence-corrected chi connectivity index (χ0v) is 16.1. The molecule has 2 heterocycles. The Morgan fingerprint density at radius 2 is 2.10 bits per heavy atom. The molecule has 29 heavy (non-hydrogen) atoms. The molecule has 0 aliphatic heterocycles. The van der Waals surface area contributed by atoms with Crippen molar-refractivity contribution in [1.29, 1.82) is 0 Å². The van der Waals surface area contributed by atoms with Gasteiger partial charge in [0.15, 0.2) is 0 Å². The standard InChI is InChI=1S/C21H23FN4O3/c1-29-20-9-18-14(11-26(25-18)16-5-2-13(12-27)3-6-16)8-19(20)24-21(28)17-7-4-15(22)10-23-17/h4,7-11,13,16,27H,2-3,5-6,12H2,1H3,(H,24,28). The molecule has 4 rings (SSSR count). The second-order valence-corrected chi connectivity index (χ2v) is 7.39. The predicted octanol–water partition coefficient (Wildman–Crippen LogP) is 3.55. The van der Waals surface area contributed by atoms with Crippen LogP contribution < -0.4 is 10.1 Å². The molecule has 0 radical (unpaired) electrons. The predicted molar refractivity (Wildman–Crippen MR) is 107 cm³/mol. The quantitative estimate of drug-likeness (QED) is 0.686. The number of nitrogens with zero attached hydrogens (tertiary/aromatic N) is 3. The molecule has 1 amide bonds. The Balaban J connectivity index is 1.58. The number of aliphatic hydroxyl groups is 1. The Labute approximate surface area is 167 Å². The van der Waals surface area contributed by atoms with Crippen LogP contribution in [-0.4, -0.2) is 39.5 Å². The van der Waals surface area contributed by atoms with Crippen LogP contribution in [0.2, 0.25) is 0 Å². The third-order valence-electron chi connectivity index (χ3n) is 5.50. The highest BCUT2D eigenvalue weighted by molar-refractivity contribution is 6.05. The van der Waals surface area contributed by atoms with Gasteiger partial charge in [-0.25, -0.2) is 9.37 Å². The molecule has 0 spiro atoms. The van der Waals surface area contributed by atoms with Crippen molar-refractivity contribution in [3.8, 4) is 5.75 Å². The molecule has 1 fully saturated rings. The molecule has 2 aromatic heterocycles. The number of carbonyl (C=O) groups is 1. The van der Waals surface area contributed by atoms with Crippen LogP contribution in [0.15, 0.2) is 36.7 Å². The fourth-order valence-corrected chi connectivity index (χ4v) is 3.81. The second kappa shape index (κ2) is 8.16. The average Bonchev–Trinajstić information content (AvgIpc) is 3.16. The van der Waals surface area contributed by atoms with E-state index in [-0.39, 0.29) is 12.3 Å². The zero-order chi connectivity index (χ0) is 20.4. The van der Waals surface area contributed by atoms with Gasteiger partial charge in [-0.1, -0.05) is 0 Å². The van der Waals surface area contributed by atoms with Gasteiger partial charge in [0.1, 0.15) is 17.3 Å². The molecule has 0 atom stereocenters. The Hall–Kier alpha value is -3.00. The molecule has 7 nitrogen and oxygen atoms in total. The lowest BCUT2D eigenvalue weighted by atomic mass is 9.87. The van der Waals surface area contributed by atoms with E-state index in [1.165, 1.54) is 19.2 Å². The number of pyridine rings is 1. The van der Waals surface area contributed by atoms with Crippen LogP contribution >= 0.6 is 0 Å². The number of amides is 1. The highest BCUT2D eigenvalue weighted by Gasteiger charge is 2.23. The third-order valence-corrected chi connectivity index (χ3v) is 5.50. The number of nitrogens with one attached hydrogen (secondary N) is 1. The van der Waals surface area contributed by atoms with E-state index in [1.54, 1.807) is 6.07 Å². The van der Waals surface area contributed by atoms with E-state index in [0.29, 0.717) is 23.4 Å². The minimum Gasteiger partial charge on any atom is -0.494 e. The summed E-state index contributed by atoms with van der Waals surface area (Å²) in [6.45, 7) is 0.247. The molecule has 1 aliphatic carbocycles. The van der Waals surface area contributed by atoms with E-state index in [2.05, 4.69) is 10.3 Å². The van der Waals surface area contributed by atoms with Crippen molar-refractivity contribution in [2.24, 2.45) is 5.92 Å². The van der Waals surface area contributed by atoms with E-state index < -0.39 is 11.7 Å². The number of ether oxygens (including phenoxy) is 1. The third kappa shape index (κ3) is 4.07. The van der Waals surface area contributed by atoms with Gasteiger partial charge >= 0.3 is 0 Å². The number of hydrogen-bond donors (Lipinski definition) is 2.